The minimum absolute atomic E-state index is 0.0389. The Balaban J connectivity index is 1.84. The average molecular weight is 491 g/mol. The smallest absolute Gasteiger partial charge is 0.338 e. The molecule has 8 nitrogen and oxygen atoms in total. The highest BCUT2D eigenvalue weighted by molar-refractivity contribution is 6.09. The molecule has 1 aromatic heterocycles. The lowest BCUT2D eigenvalue weighted by molar-refractivity contribution is -0.123. The molecule has 2 amide bonds. The van der Waals surface area contributed by atoms with Crippen molar-refractivity contribution in [2.24, 2.45) is 0 Å². The minimum atomic E-state index is -1.05. The van der Waals surface area contributed by atoms with Gasteiger partial charge in [-0.15, -0.1) is 0 Å². The van der Waals surface area contributed by atoms with Gasteiger partial charge in [-0.3, -0.25) is 14.5 Å². The standard InChI is InChI=1S/C28H30N2O6/c1-3-35-28(33)20-10-6-13-22(17-20)30(27(32)24-15-8-16-36-24)25(19-9-7-14-23(18-19)34-2)26(31)29-21-11-4-5-12-21/h6-10,13-18,21,25H,3-5,11-12H2,1-2H3,(H,29,31). The molecular weight excluding hydrogens is 460 g/mol. The molecule has 36 heavy (non-hydrogen) atoms. The monoisotopic (exact) mass is 490 g/mol. The van der Waals surface area contributed by atoms with Gasteiger partial charge in [0.1, 0.15) is 11.8 Å². The van der Waals surface area contributed by atoms with Crippen molar-refractivity contribution in [3.8, 4) is 5.75 Å². The van der Waals surface area contributed by atoms with Gasteiger partial charge in [0.15, 0.2) is 5.76 Å². The van der Waals surface area contributed by atoms with Crippen molar-refractivity contribution >= 4 is 23.5 Å². The maximum atomic E-state index is 13.8. The Labute approximate surface area is 210 Å². The van der Waals surface area contributed by atoms with Crippen LogP contribution in [-0.4, -0.2) is 37.5 Å². The maximum Gasteiger partial charge on any atom is 0.338 e. The van der Waals surface area contributed by atoms with Crippen molar-refractivity contribution in [3.05, 3.63) is 83.8 Å². The molecule has 4 rings (SSSR count). The predicted octanol–water partition coefficient (Wildman–Crippen LogP) is 4.91. The van der Waals surface area contributed by atoms with Crippen molar-refractivity contribution in [1.29, 1.82) is 0 Å². The number of methoxy groups -OCH3 is 1. The molecule has 1 unspecified atom stereocenters. The molecule has 1 heterocycles. The van der Waals surface area contributed by atoms with Gasteiger partial charge < -0.3 is 19.2 Å². The molecule has 0 saturated heterocycles. The molecule has 188 valence electrons. The van der Waals surface area contributed by atoms with E-state index < -0.39 is 17.9 Å². The molecule has 1 saturated carbocycles. The molecule has 2 aromatic carbocycles. The Morgan fingerprint density at radius 2 is 1.83 bits per heavy atom. The van der Waals surface area contributed by atoms with Gasteiger partial charge in [-0.05, 0) is 67.8 Å². The fraction of sp³-hybridized carbons (Fsp3) is 0.321. The number of hydrogen-bond acceptors (Lipinski definition) is 6. The second-order valence-electron chi connectivity index (χ2n) is 8.59. The Hall–Kier alpha value is -4.07. The van der Waals surface area contributed by atoms with Crippen LogP contribution in [0.4, 0.5) is 5.69 Å². The van der Waals surface area contributed by atoms with Gasteiger partial charge in [-0.25, -0.2) is 4.79 Å². The summed E-state index contributed by atoms with van der Waals surface area (Å²) in [7, 11) is 1.54. The summed E-state index contributed by atoms with van der Waals surface area (Å²) in [6.45, 7) is 1.94. The van der Waals surface area contributed by atoms with Crippen molar-refractivity contribution in [1.82, 2.24) is 5.32 Å². The molecule has 1 fully saturated rings. The first-order valence-corrected chi connectivity index (χ1v) is 12.1. The number of carbonyl (C=O) groups is 3. The first-order chi connectivity index (χ1) is 17.5. The number of anilines is 1. The van der Waals surface area contributed by atoms with Crippen molar-refractivity contribution in [2.75, 3.05) is 18.6 Å². The summed E-state index contributed by atoms with van der Waals surface area (Å²) in [4.78, 5) is 41.5. The molecular formula is C28H30N2O6. The predicted molar refractivity (Wildman–Crippen MR) is 134 cm³/mol. The molecule has 1 aliphatic carbocycles. The molecule has 1 aliphatic rings. The van der Waals surface area contributed by atoms with Gasteiger partial charge in [-0.1, -0.05) is 31.0 Å². The van der Waals surface area contributed by atoms with Crippen LogP contribution in [0.15, 0.2) is 71.3 Å². The molecule has 0 aliphatic heterocycles. The average Bonchev–Trinajstić information content (AvgIpc) is 3.62. The Morgan fingerprint density at radius 3 is 2.53 bits per heavy atom. The van der Waals surface area contributed by atoms with Crippen LogP contribution in [0.3, 0.4) is 0 Å². The fourth-order valence-electron chi connectivity index (χ4n) is 4.48. The van der Waals surface area contributed by atoms with Gasteiger partial charge >= 0.3 is 5.97 Å². The van der Waals surface area contributed by atoms with Crippen molar-refractivity contribution in [3.63, 3.8) is 0 Å². The van der Waals surface area contributed by atoms with Crippen molar-refractivity contribution < 1.29 is 28.3 Å². The van der Waals surface area contributed by atoms with Gasteiger partial charge in [-0.2, -0.15) is 0 Å². The van der Waals surface area contributed by atoms with E-state index in [0.717, 1.165) is 25.7 Å². The first-order valence-electron chi connectivity index (χ1n) is 12.1. The summed E-state index contributed by atoms with van der Waals surface area (Å²) in [5, 5.41) is 3.13. The number of carbonyl (C=O) groups excluding carboxylic acids is 3. The highest BCUT2D eigenvalue weighted by atomic mass is 16.5. The third-order valence-electron chi connectivity index (χ3n) is 6.20. The van der Waals surface area contributed by atoms with E-state index in [1.165, 1.54) is 11.2 Å². The minimum Gasteiger partial charge on any atom is -0.497 e. The van der Waals surface area contributed by atoms with Crippen LogP contribution in [0.25, 0.3) is 0 Å². The zero-order valence-electron chi connectivity index (χ0n) is 20.4. The number of amides is 2. The lowest BCUT2D eigenvalue weighted by atomic mass is 10.0. The molecule has 0 bridgehead atoms. The van der Waals surface area contributed by atoms with Crippen LogP contribution in [-0.2, 0) is 9.53 Å². The summed E-state index contributed by atoms with van der Waals surface area (Å²) in [5.41, 5.74) is 1.19. The Morgan fingerprint density at radius 1 is 1.06 bits per heavy atom. The van der Waals surface area contributed by atoms with Crippen LogP contribution in [0, 0.1) is 0 Å². The number of nitrogens with zero attached hydrogens (tertiary/aromatic N) is 1. The van der Waals surface area contributed by atoms with E-state index in [0.29, 0.717) is 17.0 Å². The highest BCUT2D eigenvalue weighted by Crippen LogP contribution is 2.33. The lowest BCUT2D eigenvalue weighted by Crippen LogP contribution is -2.46. The van der Waals surface area contributed by atoms with E-state index in [1.807, 2.05) is 0 Å². The summed E-state index contributed by atoms with van der Waals surface area (Å²) in [6, 6.07) is 15.7. The molecule has 3 aromatic rings. The maximum absolute atomic E-state index is 13.8. The van der Waals surface area contributed by atoms with Crippen LogP contribution in [0.2, 0.25) is 0 Å². The number of rotatable bonds is 9. The summed E-state index contributed by atoms with van der Waals surface area (Å²) in [6.07, 6.45) is 5.28. The third kappa shape index (κ3) is 5.59. The number of benzene rings is 2. The van der Waals surface area contributed by atoms with Crippen LogP contribution >= 0.6 is 0 Å². The third-order valence-corrected chi connectivity index (χ3v) is 6.20. The first kappa shape index (κ1) is 25.0. The zero-order chi connectivity index (χ0) is 25.5. The summed E-state index contributed by atoms with van der Waals surface area (Å²) in [5.74, 6) is -0.736. The largest absolute Gasteiger partial charge is 0.497 e. The molecule has 0 spiro atoms. The van der Waals surface area contributed by atoms with E-state index in [4.69, 9.17) is 13.9 Å². The number of nitrogens with one attached hydrogen (secondary N) is 1. The lowest BCUT2D eigenvalue weighted by Gasteiger charge is -2.32. The van der Waals surface area contributed by atoms with E-state index >= 15 is 0 Å². The summed E-state index contributed by atoms with van der Waals surface area (Å²) < 4.78 is 16.0. The quantitative estimate of drug-likeness (QED) is 0.428. The second kappa shape index (κ2) is 11.6. The number of ether oxygens (including phenoxy) is 2. The summed E-state index contributed by atoms with van der Waals surface area (Å²) >= 11 is 0. The second-order valence-corrected chi connectivity index (χ2v) is 8.59. The molecule has 1 N–H and O–H groups in total. The molecule has 8 heteroatoms. The zero-order valence-corrected chi connectivity index (χ0v) is 20.4. The van der Waals surface area contributed by atoms with Crippen LogP contribution in [0.1, 0.15) is 65.1 Å². The SMILES string of the molecule is CCOC(=O)c1cccc(N(C(=O)c2ccco2)C(C(=O)NC2CCCC2)c2cccc(OC)c2)c1. The topological polar surface area (TPSA) is 98.1 Å². The molecule has 0 radical (unpaired) electrons. The fourth-order valence-corrected chi connectivity index (χ4v) is 4.48. The van der Waals surface area contributed by atoms with Crippen molar-refractivity contribution in [2.45, 2.75) is 44.7 Å². The van der Waals surface area contributed by atoms with Gasteiger partial charge in [0.05, 0.1) is 25.5 Å². The van der Waals surface area contributed by atoms with Crippen LogP contribution < -0.4 is 15.0 Å². The van der Waals surface area contributed by atoms with Gasteiger partial charge in [0.25, 0.3) is 5.91 Å². The number of esters is 1. The Bertz CT molecular complexity index is 1200. The van der Waals surface area contributed by atoms with E-state index in [9.17, 15) is 14.4 Å². The van der Waals surface area contributed by atoms with Gasteiger partial charge in [0.2, 0.25) is 5.91 Å². The van der Waals surface area contributed by atoms with E-state index in [1.54, 1.807) is 74.7 Å². The number of hydrogen-bond donors (Lipinski definition) is 1. The highest BCUT2D eigenvalue weighted by Gasteiger charge is 2.36. The van der Waals surface area contributed by atoms with Crippen LogP contribution in [0.5, 0.6) is 5.75 Å². The molecule has 1 atom stereocenters. The van der Waals surface area contributed by atoms with Gasteiger partial charge in [0, 0.05) is 11.7 Å². The Kier molecular flexibility index (Phi) is 8.05. The van der Waals surface area contributed by atoms with E-state index in [-0.39, 0.29) is 29.9 Å². The normalized spacial score (nSPS) is 14.2. The number of furan rings is 1. The van der Waals surface area contributed by atoms with E-state index in [2.05, 4.69) is 5.32 Å².